The van der Waals surface area contributed by atoms with Gasteiger partial charge in [-0.2, -0.15) is 0 Å². The summed E-state index contributed by atoms with van der Waals surface area (Å²) in [5, 5.41) is 0. The minimum absolute atomic E-state index is 0.262. The van der Waals surface area contributed by atoms with E-state index in [0.29, 0.717) is 0 Å². The first kappa shape index (κ1) is 17.6. The van der Waals surface area contributed by atoms with Crippen molar-refractivity contribution in [3.63, 3.8) is 0 Å². The third-order valence-corrected chi connectivity index (χ3v) is 3.10. The largest absolute Gasteiger partial charge is 0.573 e. The van der Waals surface area contributed by atoms with Crippen molar-refractivity contribution < 1.29 is 22.3 Å². The lowest BCUT2D eigenvalue weighted by atomic mass is 10.1. The van der Waals surface area contributed by atoms with Crippen molar-refractivity contribution in [2.45, 2.75) is 19.2 Å². The van der Waals surface area contributed by atoms with Gasteiger partial charge >= 0.3 is 6.36 Å². The van der Waals surface area contributed by atoms with Crippen LogP contribution >= 0.6 is 0 Å². The zero-order valence-electron chi connectivity index (χ0n) is 12.7. The first-order valence-electron chi connectivity index (χ1n) is 7.14. The minimum Gasteiger partial charge on any atom is -0.403 e. The summed E-state index contributed by atoms with van der Waals surface area (Å²) in [7, 11) is 0. The Balaban J connectivity index is 2.10. The quantitative estimate of drug-likeness (QED) is 0.422. The first-order valence-corrected chi connectivity index (χ1v) is 7.14. The van der Waals surface area contributed by atoms with E-state index in [0.717, 1.165) is 36.1 Å². The fraction of sp³-hybridized carbons (Fsp3) is 0.158. The zero-order chi connectivity index (χ0) is 17.6. The highest BCUT2D eigenvalue weighted by molar-refractivity contribution is 5.45. The molecule has 0 aliphatic heterocycles. The van der Waals surface area contributed by atoms with E-state index in [9.17, 15) is 17.6 Å². The van der Waals surface area contributed by atoms with Crippen molar-refractivity contribution in [3.05, 3.63) is 77.6 Å². The third-order valence-electron chi connectivity index (χ3n) is 3.10. The number of aryl methyl sites for hydroxylation is 1. The Morgan fingerprint density at radius 3 is 2.21 bits per heavy atom. The fourth-order valence-electron chi connectivity index (χ4n) is 1.95. The molecule has 0 aliphatic carbocycles. The van der Waals surface area contributed by atoms with E-state index < -0.39 is 17.9 Å². The molecule has 124 valence electrons. The van der Waals surface area contributed by atoms with E-state index in [4.69, 9.17) is 0 Å². The maximum Gasteiger partial charge on any atom is 0.573 e. The molecule has 5 heteroatoms. The molecule has 0 amide bonds. The van der Waals surface area contributed by atoms with E-state index in [-0.39, 0.29) is 5.56 Å². The van der Waals surface area contributed by atoms with Crippen LogP contribution in [-0.2, 0) is 6.42 Å². The Morgan fingerprint density at radius 2 is 1.62 bits per heavy atom. The van der Waals surface area contributed by atoms with Crippen LogP contribution in [0.2, 0.25) is 0 Å². The molecular weight excluding hydrogens is 320 g/mol. The molecule has 1 nitrogen and oxygen atoms in total. The SMILES string of the molecule is C=CCCc1ccc(C#Cc2ccc(OC(F)(F)F)c(F)c2)cc1. The van der Waals surface area contributed by atoms with Crippen LogP contribution in [0.3, 0.4) is 0 Å². The predicted octanol–water partition coefficient (Wildman–Crippen LogP) is 5.24. The Bertz CT molecular complexity index is 765. The van der Waals surface area contributed by atoms with E-state index in [2.05, 4.69) is 23.2 Å². The number of allylic oxidation sites excluding steroid dienone is 1. The van der Waals surface area contributed by atoms with Crippen molar-refractivity contribution in [1.82, 2.24) is 0 Å². The molecule has 2 aromatic carbocycles. The average Bonchev–Trinajstić information content (AvgIpc) is 2.53. The van der Waals surface area contributed by atoms with Crippen LogP contribution < -0.4 is 4.74 Å². The zero-order valence-corrected chi connectivity index (χ0v) is 12.7. The van der Waals surface area contributed by atoms with Gasteiger partial charge in [0.1, 0.15) is 0 Å². The van der Waals surface area contributed by atoms with Gasteiger partial charge in [-0.1, -0.05) is 30.0 Å². The Labute approximate surface area is 137 Å². The van der Waals surface area contributed by atoms with Gasteiger partial charge in [-0.15, -0.1) is 19.8 Å². The standard InChI is InChI=1S/C19H14F4O/c1-2-3-4-14-5-7-15(8-6-14)9-10-16-11-12-18(17(20)13-16)24-19(21,22)23/h2,5-8,11-13H,1,3-4H2. The lowest BCUT2D eigenvalue weighted by molar-refractivity contribution is -0.275. The summed E-state index contributed by atoms with van der Waals surface area (Å²) in [5.74, 6) is 3.56. The third kappa shape index (κ3) is 5.47. The highest BCUT2D eigenvalue weighted by atomic mass is 19.4. The lowest BCUT2D eigenvalue weighted by Gasteiger charge is -2.09. The summed E-state index contributed by atoms with van der Waals surface area (Å²) in [6.07, 6.45) is -1.31. The predicted molar refractivity (Wildman–Crippen MR) is 84.0 cm³/mol. The summed E-state index contributed by atoms with van der Waals surface area (Å²) in [4.78, 5) is 0. The number of hydrogen-bond donors (Lipinski definition) is 0. The molecule has 24 heavy (non-hydrogen) atoms. The van der Waals surface area contributed by atoms with Crippen LogP contribution in [0.15, 0.2) is 55.1 Å². The first-order chi connectivity index (χ1) is 11.4. The van der Waals surface area contributed by atoms with Gasteiger partial charge < -0.3 is 4.74 Å². The second kappa shape index (κ2) is 7.69. The minimum atomic E-state index is -4.93. The van der Waals surface area contributed by atoms with Gasteiger partial charge in [0.25, 0.3) is 0 Å². The molecule has 0 saturated carbocycles. The number of halogens is 4. The summed E-state index contributed by atoms with van der Waals surface area (Å²) in [6, 6.07) is 10.6. The summed E-state index contributed by atoms with van der Waals surface area (Å²) in [6.45, 7) is 3.66. The van der Waals surface area contributed by atoms with Gasteiger partial charge in [0, 0.05) is 11.1 Å². The van der Waals surface area contributed by atoms with Crippen molar-refractivity contribution in [2.24, 2.45) is 0 Å². The van der Waals surface area contributed by atoms with Crippen LogP contribution in [-0.4, -0.2) is 6.36 Å². The van der Waals surface area contributed by atoms with Gasteiger partial charge in [0.15, 0.2) is 11.6 Å². The number of hydrogen-bond acceptors (Lipinski definition) is 1. The molecule has 2 rings (SSSR count). The molecule has 0 aromatic heterocycles. The van der Waals surface area contributed by atoms with Gasteiger partial charge in [-0.25, -0.2) is 4.39 Å². The van der Waals surface area contributed by atoms with E-state index in [1.54, 1.807) is 0 Å². The number of ether oxygens (including phenoxy) is 1. The molecule has 0 spiro atoms. The van der Waals surface area contributed by atoms with Crippen LogP contribution in [0.1, 0.15) is 23.1 Å². The number of benzene rings is 2. The van der Waals surface area contributed by atoms with E-state index in [1.165, 1.54) is 6.07 Å². The molecule has 0 atom stereocenters. The molecule has 0 radical (unpaired) electrons. The van der Waals surface area contributed by atoms with Crippen LogP contribution in [0, 0.1) is 17.7 Å². The smallest absolute Gasteiger partial charge is 0.403 e. The van der Waals surface area contributed by atoms with Crippen LogP contribution in [0.25, 0.3) is 0 Å². The van der Waals surface area contributed by atoms with Gasteiger partial charge in [-0.3, -0.25) is 0 Å². The molecule has 2 aromatic rings. The summed E-state index contributed by atoms with van der Waals surface area (Å²) < 4.78 is 53.4. The summed E-state index contributed by atoms with van der Waals surface area (Å²) >= 11 is 0. The Kier molecular flexibility index (Phi) is 5.64. The Morgan fingerprint density at radius 1 is 1.00 bits per heavy atom. The highest BCUT2D eigenvalue weighted by Crippen LogP contribution is 2.25. The normalized spacial score (nSPS) is 10.7. The number of rotatable bonds is 4. The van der Waals surface area contributed by atoms with Gasteiger partial charge in [-0.05, 0) is 48.7 Å². The average molecular weight is 334 g/mol. The molecule has 0 unspecified atom stereocenters. The molecule has 0 bridgehead atoms. The van der Waals surface area contributed by atoms with Crippen LogP contribution in [0.5, 0.6) is 5.75 Å². The summed E-state index contributed by atoms with van der Waals surface area (Å²) in [5.41, 5.74) is 2.14. The molecule has 0 N–H and O–H groups in total. The molecule has 0 fully saturated rings. The fourth-order valence-corrected chi connectivity index (χ4v) is 1.95. The second-order valence-corrected chi connectivity index (χ2v) is 4.97. The molecule has 0 aliphatic rings. The monoisotopic (exact) mass is 334 g/mol. The van der Waals surface area contributed by atoms with Crippen molar-refractivity contribution in [1.29, 1.82) is 0 Å². The highest BCUT2D eigenvalue weighted by Gasteiger charge is 2.32. The Hall–Kier alpha value is -2.74. The maximum atomic E-state index is 13.6. The van der Waals surface area contributed by atoms with Crippen molar-refractivity contribution >= 4 is 0 Å². The molecule has 0 heterocycles. The van der Waals surface area contributed by atoms with Crippen molar-refractivity contribution in [3.8, 4) is 17.6 Å². The van der Waals surface area contributed by atoms with Crippen LogP contribution in [0.4, 0.5) is 17.6 Å². The maximum absolute atomic E-state index is 13.6. The topological polar surface area (TPSA) is 9.23 Å². The second-order valence-electron chi connectivity index (χ2n) is 4.97. The lowest BCUT2D eigenvalue weighted by Crippen LogP contribution is -2.17. The molecular formula is C19H14F4O. The van der Waals surface area contributed by atoms with E-state index in [1.807, 2.05) is 30.3 Å². The van der Waals surface area contributed by atoms with Gasteiger partial charge in [0.2, 0.25) is 0 Å². The van der Waals surface area contributed by atoms with E-state index >= 15 is 0 Å². The van der Waals surface area contributed by atoms with Gasteiger partial charge in [0.05, 0.1) is 0 Å². The van der Waals surface area contributed by atoms with Crippen molar-refractivity contribution in [2.75, 3.05) is 0 Å². The number of alkyl halides is 3. The molecule has 0 saturated heterocycles.